The van der Waals surface area contributed by atoms with Crippen molar-refractivity contribution < 1.29 is 63.4 Å². The first-order chi connectivity index (χ1) is 18.0. The molecule has 4 rings (SSSR count). The lowest BCUT2D eigenvalue weighted by Crippen LogP contribution is -2.57. The normalized spacial score (nSPS) is 52.6. The zero-order valence-corrected chi connectivity index (χ0v) is 22.6. The summed E-state index contributed by atoms with van der Waals surface area (Å²) in [6.45, 7) is 6.92. The van der Waals surface area contributed by atoms with E-state index in [1.165, 1.54) is 0 Å². The van der Waals surface area contributed by atoms with E-state index in [1.807, 2.05) is 0 Å². The van der Waals surface area contributed by atoms with Gasteiger partial charge in [0.1, 0.15) is 24.4 Å². The molecule has 0 bridgehead atoms. The molecule has 4 fully saturated rings. The molecule has 222 valence electrons. The minimum atomic E-state index is -0.998. The second kappa shape index (κ2) is 13.0. The Hall–Kier alpha value is -0.520. The predicted molar refractivity (Wildman–Crippen MR) is 127 cm³/mol. The highest BCUT2D eigenvalue weighted by molar-refractivity contribution is 4.89. The van der Waals surface area contributed by atoms with Gasteiger partial charge in [0.25, 0.3) is 0 Å². The summed E-state index contributed by atoms with van der Waals surface area (Å²) >= 11 is 0. The van der Waals surface area contributed by atoms with Crippen LogP contribution in [-0.4, -0.2) is 131 Å². The lowest BCUT2D eigenvalue weighted by molar-refractivity contribution is -0.342. The predicted octanol–water partition coefficient (Wildman–Crippen LogP) is -0.867. The van der Waals surface area contributed by atoms with Gasteiger partial charge in [0.05, 0.1) is 48.8 Å². The van der Waals surface area contributed by atoms with Gasteiger partial charge < -0.3 is 63.4 Å². The summed E-state index contributed by atoms with van der Waals surface area (Å²) in [5.41, 5.74) is 0. The molecule has 5 N–H and O–H groups in total. The maximum atomic E-state index is 10.9. The molecule has 16 atom stereocenters. The molecule has 0 aliphatic carbocycles. The Labute approximate surface area is 222 Å². The molecule has 13 nitrogen and oxygen atoms in total. The van der Waals surface area contributed by atoms with Crippen LogP contribution in [0.25, 0.3) is 0 Å². The Kier molecular flexibility index (Phi) is 10.4. The molecule has 4 heterocycles. The van der Waals surface area contributed by atoms with Crippen molar-refractivity contribution in [3.8, 4) is 0 Å². The summed E-state index contributed by atoms with van der Waals surface area (Å²) in [7, 11) is 1.54. The fourth-order valence-corrected chi connectivity index (χ4v) is 5.69. The van der Waals surface area contributed by atoms with Crippen LogP contribution in [0, 0.1) is 0 Å². The summed E-state index contributed by atoms with van der Waals surface area (Å²) in [6.07, 6.45) is -11.1. The van der Waals surface area contributed by atoms with E-state index < -0.39 is 92.3 Å². The maximum Gasteiger partial charge on any atom is 0.161 e. The van der Waals surface area contributed by atoms with Gasteiger partial charge in [0.15, 0.2) is 25.2 Å². The van der Waals surface area contributed by atoms with Crippen LogP contribution in [0.4, 0.5) is 0 Å². The van der Waals surface area contributed by atoms with Crippen molar-refractivity contribution in [3.63, 3.8) is 0 Å². The zero-order valence-electron chi connectivity index (χ0n) is 22.6. The molecular formula is C25H44O13. The number of methoxy groups -OCH3 is 1. The Morgan fingerprint density at radius 3 is 1.39 bits per heavy atom. The third kappa shape index (κ3) is 7.03. The second-order valence-electron chi connectivity index (χ2n) is 10.8. The van der Waals surface area contributed by atoms with Gasteiger partial charge in [-0.25, -0.2) is 0 Å². The third-order valence-electron chi connectivity index (χ3n) is 7.82. The van der Waals surface area contributed by atoms with Gasteiger partial charge in [-0.15, -0.1) is 0 Å². The number of hydrogen-bond donors (Lipinski definition) is 5. The first-order valence-electron chi connectivity index (χ1n) is 13.5. The van der Waals surface area contributed by atoms with Gasteiger partial charge in [-0.2, -0.15) is 0 Å². The highest BCUT2D eigenvalue weighted by Gasteiger charge is 2.46. The first kappa shape index (κ1) is 30.4. The molecule has 4 aliphatic heterocycles. The highest BCUT2D eigenvalue weighted by Crippen LogP contribution is 2.33. The third-order valence-corrected chi connectivity index (χ3v) is 7.82. The fourth-order valence-electron chi connectivity index (χ4n) is 5.69. The van der Waals surface area contributed by atoms with Crippen molar-refractivity contribution in [2.45, 2.75) is 152 Å². The van der Waals surface area contributed by atoms with Gasteiger partial charge >= 0.3 is 0 Å². The molecule has 13 heteroatoms. The number of aliphatic hydroxyl groups excluding tert-OH is 5. The van der Waals surface area contributed by atoms with E-state index >= 15 is 0 Å². The van der Waals surface area contributed by atoms with Crippen molar-refractivity contribution in [1.82, 2.24) is 0 Å². The van der Waals surface area contributed by atoms with E-state index in [4.69, 9.17) is 37.9 Å². The molecule has 0 aromatic heterocycles. The largest absolute Gasteiger partial charge is 0.390 e. The minimum Gasteiger partial charge on any atom is -0.390 e. The maximum absolute atomic E-state index is 10.9. The average Bonchev–Trinajstić information content (AvgIpc) is 2.83. The van der Waals surface area contributed by atoms with Crippen LogP contribution in [0.15, 0.2) is 0 Å². The van der Waals surface area contributed by atoms with Crippen LogP contribution < -0.4 is 0 Å². The standard InChI is InChI=1S/C25H44O13/c1-10-22(30)14(26)6-19(33-10)36-23-11(2)34-20(7-15(23)27)37-24-12(3)35-21(8-16(24)28)38-25-13(4)32-18(29)9-17(25)31-5/h10-30H,6-9H2,1-5H3/t10-,11-,12-,13-,14+,15-,16+,17-,18?,19+,20+,21+,22-,23-,24-,25-/m1/s1. The highest BCUT2D eigenvalue weighted by atomic mass is 16.7. The molecule has 0 amide bonds. The van der Waals surface area contributed by atoms with Crippen LogP contribution in [0.3, 0.4) is 0 Å². The van der Waals surface area contributed by atoms with E-state index in [2.05, 4.69) is 0 Å². The summed E-state index contributed by atoms with van der Waals surface area (Å²) in [5, 5.41) is 51.4. The molecule has 0 saturated carbocycles. The molecule has 0 spiro atoms. The van der Waals surface area contributed by atoms with Gasteiger partial charge in [-0.1, -0.05) is 0 Å². The number of ether oxygens (including phenoxy) is 8. The molecule has 0 aromatic carbocycles. The van der Waals surface area contributed by atoms with Crippen molar-refractivity contribution in [1.29, 1.82) is 0 Å². The van der Waals surface area contributed by atoms with Crippen molar-refractivity contribution in [2.75, 3.05) is 7.11 Å². The van der Waals surface area contributed by atoms with E-state index in [0.717, 1.165) is 0 Å². The van der Waals surface area contributed by atoms with Crippen LogP contribution >= 0.6 is 0 Å². The second-order valence-corrected chi connectivity index (χ2v) is 10.8. The van der Waals surface area contributed by atoms with Crippen molar-refractivity contribution >= 4 is 0 Å². The minimum absolute atomic E-state index is 0.0746. The van der Waals surface area contributed by atoms with E-state index in [0.29, 0.717) is 0 Å². The number of aliphatic hydroxyl groups is 5. The molecule has 0 aromatic rings. The van der Waals surface area contributed by atoms with Crippen molar-refractivity contribution in [3.05, 3.63) is 0 Å². The zero-order chi connectivity index (χ0) is 27.7. The summed E-state index contributed by atoms with van der Waals surface area (Å²) in [4.78, 5) is 0. The van der Waals surface area contributed by atoms with E-state index in [9.17, 15) is 25.5 Å². The molecular weight excluding hydrogens is 508 g/mol. The first-order valence-corrected chi connectivity index (χ1v) is 13.5. The van der Waals surface area contributed by atoms with Gasteiger partial charge in [0, 0.05) is 32.8 Å². The van der Waals surface area contributed by atoms with Crippen LogP contribution in [0.2, 0.25) is 0 Å². The summed E-state index contributed by atoms with van der Waals surface area (Å²) < 4.78 is 46.5. The molecule has 4 saturated heterocycles. The Morgan fingerprint density at radius 2 is 0.947 bits per heavy atom. The van der Waals surface area contributed by atoms with E-state index in [1.54, 1.807) is 34.8 Å². The average molecular weight is 553 g/mol. The fraction of sp³-hybridized carbons (Fsp3) is 1.00. The lowest BCUT2D eigenvalue weighted by atomic mass is 9.99. The van der Waals surface area contributed by atoms with Gasteiger partial charge in [-0.3, -0.25) is 0 Å². The summed E-state index contributed by atoms with van der Waals surface area (Å²) in [5.74, 6) is 0. The molecule has 4 aliphatic rings. The molecule has 38 heavy (non-hydrogen) atoms. The molecule has 1 unspecified atom stereocenters. The lowest BCUT2D eigenvalue weighted by Gasteiger charge is -2.45. The van der Waals surface area contributed by atoms with Crippen LogP contribution in [-0.2, 0) is 37.9 Å². The smallest absolute Gasteiger partial charge is 0.161 e. The Bertz CT molecular complexity index is 708. The van der Waals surface area contributed by atoms with Crippen molar-refractivity contribution in [2.24, 2.45) is 0 Å². The summed E-state index contributed by atoms with van der Waals surface area (Å²) in [6, 6.07) is 0. The van der Waals surface area contributed by atoms with E-state index in [-0.39, 0.29) is 31.8 Å². The Balaban J connectivity index is 1.28. The SMILES string of the molecule is CO[C@@H]1CC(O)O[C@H](C)[C@H]1O[C@H]1C[C@H](O)[C@H](O[C@H]2C[C@@H](O)[C@H](O[C@H]3C[C@H](O)[C@H](O)[C@@H](C)O3)[C@@H](C)O2)[C@@H](C)O1. The monoisotopic (exact) mass is 552 g/mol. The molecule has 0 radical (unpaired) electrons. The quantitative estimate of drug-likeness (QED) is 0.264. The Morgan fingerprint density at radius 1 is 0.526 bits per heavy atom. The topological polar surface area (TPSA) is 175 Å². The van der Waals surface area contributed by atoms with Gasteiger partial charge in [-0.05, 0) is 27.7 Å². The van der Waals surface area contributed by atoms with Crippen LogP contribution in [0.5, 0.6) is 0 Å². The number of rotatable bonds is 7. The number of hydrogen-bond acceptors (Lipinski definition) is 13. The van der Waals surface area contributed by atoms with Gasteiger partial charge in [0.2, 0.25) is 0 Å². The van der Waals surface area contributed by atoms with Crippen LogP contribution in [0.1, 0.15) is 53.4 Å².